The molecule has 1 rings (SSSR count). The SMILES string of the molecule is CCC1CC(=O)NC(SCC(N)=O)N1. The van der Waals surface area contributed by atoms with Gasteiger partial charge in [-0.25, -0.2) is 0 Å². The van der Waals surface area contributed by atoms with Crippen LogP contribution in [0.3, 0.4) is 0 Å². The number of carbonyl (C=O) groups is 2. The van der Waals surface area contributed by atoms with Gasteiger partial charge < -0.3 is 11.1 Å². The summed E-state index contributed by atoms with van der Waals surface area (Å²) in [5.74, 6) is -0.128. The molecule has 2 unspecified atom stereocenters. The van der Waals surface area contributed by atoms with E-state index in [4.69, 9.17) is 5.73 Å². The summed E-state index contributed by atoms with van der Waals surface area (Å²) in [6.07, 6.45) is 1.41. The summed E-state index contributed by atoms with van der Waals surface area (Å²) < 4.78 is 0. The maximum Gasteiger partial charge on any atom is 0.227 e. The fraction of sp³-hybridized carbons (Fsp3) is 0.750. The predicted octanol–water partition coefficient (Wildman–Crippen LogP) is -0.623. The van der Waals surface area contributed by atoms with E-state index in [0.29, 0.717) is 6.42 Å². The van der Waals surface area contributed by atoms with Crippen molar-refractivity contribution in [2.24, 2.45) is 5.73 Å². The van der Waals surface area contributed by atoms with Crippen LogP contribution in [0.15, 0.2) is 0 Å². The van der Waals surface area contributed by atoms with E-state index in [1.54, 1.807) is 0 Å². The van der Waals surface area contributed by atoms with Crippen molar-refractivity contribution in [3.63, 3.8) is 0 Å². The lowest BCUT2D eigenvalue weighted by Gasteiger charge is -2.30. The molecule has 2 atom stereocenters. The average Bonchev–Trinajstić information content (AvgIpc) is 2.14. The molecule has 0 aromatic heterocycles. The second-order valence-electron chi connectivity index (χ2n) is 3.20. The van der Waals surface area contributed by atoms with Gasteiger partial charge in [0.2, 0.25) is 11.8 Å². The van der Waals surface area contributed by atoms with Crippen LogP contribution in [0.2, 0.25) is 0 Å². The maximum absolute atomic E-state index is 11.2. The zero-order valence-corrected chi connectivity index (χ0v) is 8.89. The molecule has 1 fully saturated rings. The molecule has 0 aromatic rings. The topological polar surface area (TPSA) is 84.2 Å². The van der Waals surface area contributed by atoms with Crippen LogP contribution < -0.4 is 16.4 Å². The van der Waals surface area contributed by atoms with E-state index >= 15 is 0 Å². The first-order valence-electron chi connectivity index (χ1n) is 4.57. The minimum absolute atomic E-state index is 0.0255. The first kappa shape index (κ1) is 11.3. The Bertz CT molecular complexity index is 235. The van der Waals surface area contributed by atoms with Gasteiger partial charge in [-0.2, -0.15) is 0 Å². The van der Waals surface area contributed by atoms with E-state index in [9.17, 15) is 9.59 Å². The van der Waals surface area contributed by atoms with Gasteiger partial charge in [0, 0.05) is 12.5 Å². The van der Waals surface area contributed by atoms with Crippen LogP contribution >= 0.6 is 11.8 Å². The number of thioether (sulfide) groups is 1. The number of primary amides is 1. The predicted molar refractivity (Wildman–Crippen MR) is 55.4 cm³/mol. The van der Waals surface area contributed by atoms with E-state index in [0.717, 1.165) is 6.42 Å². The van der Waals surface area contributed by atoms with Crippen molar-refractivity contribution >= 4 is 23.6 Å². The molecule has 5 nitrogen and oxygen atoms in total. The van der Waals surface area contributed by atoms with Crippen LogP contribution in [0.1, 0.15) is 19.8 Å². The molecular weight excluding hydrogens is 202 g/mol. The molecule has 6 heteroatoms. The smallest absolute Gasteiger partial charge is 0.227 e. The lowest BCUT2D eigenvalue weighted by Crippen LogP contribution is -2.54. The van der Waals surface area contributed by atoms with Crippen molar-refractivity contribution in [2.75, 3.05) is 5.75 Å². The Morgan fingerprint density at radius 3 is 3.00 bits per heavy atom. The van der Waals surface area contributed by atoms with Gasteiger partial charge in [0.15, 0.2) is 0 Å². The summed E-state index contributed by atoms with van der Waals surface area (Å²) in [6, 6.07) is 0.203. The number of carbonyl (C=O) groups excluding carboxylic acids is 2. The summed E-state index contributed by atoms with van der Waals surface area (Å²) >= 11 is 1.31. The third-order valence-electron chi connectivity index (χ3n) is 2.00. The normalized spacial score (nSPS) is 27.1. The molecular formula is C8H15N3O2S. The minimum atomic E-state index is -0.371. The fourth-order valence-electron chi connectivity index (χ4n) is 1.26. The number of amides is 2. The molecule has 0 saturated carbocycles. The Morgan fingerprint density at radius 1 is 1.71 bits per heavy atom. The number of nitrogens with one attached hydrogen (secondary N) is 2. The number of rotatable bonds is 4. The van der Waals surface area contributed by atoms with Gasteiger partial charge in [-0.15, -0.1) is 11.8 Å². The molecule has 4 N–H and O–H groups in total. The maximum atomic E-state index is 11.2. The summed E-state index contributed by atoms with van der Waals surface area (Å²) in [6.45, 7) is 2.02. The highest BCUT2D eigenvalue weighted by Gasteiger charge is 2.24. The van der Waals surface area contributed by atoms with E-state index < -0.39 is 0 Å². The molecule has 2 amide bonds. The highest BCUT2D eigenvalue weighted by Crippen LogP contribution is 2.12. The summed E-state index contributed by atoms with van der Waals surface area (Å²) in [5, 5.41) is 5.95. The van der Waals surface area contributed by atoms with Crippen molar-refractivity contribution in [3.8, 4) is 0 Å². The largest absolute Gasteiger partial charge is 0.369 e. The third-order valence-corrected chi connectivity index (χ3v) is 3.03. The van der Waals surface area contributed by atoms with E-state index in [2.05, 4.69) is 10.6 Å². The molecule has 0 aromatic carbocycles. The highest BCUT2D eigenvalue weighted by atomic mass is 32.2. The Hall–Kier alpha value is -0.750. The van der Waals surface area contributed by atoms with Crippen LogP contribution in [0.5, 0.6) is 0 Å². The Labute approximate surface area is 87.2 Å². The number of hydrogen-bond donors (Lipinski definition) is 3. The van der Waals surface area contributed by atoms with Crippen molar-refractivity contribution in [1.82, 2.24) is 10.6 Å². The first-order valence-corrected chi connectivity index (χ1v) is 5.62. The van der Waals surface area contributed by atoms with Gasteiger partial charge in [-0.3, -0.25) is 14.9 Å². The summed E-state index contributed by atoms with van der Waals surface area (Å²) in [7, 11) is 0. The third kappa shape index (κ3) is 3.55. The molecule has 1 heterocycles. The molecule has 1 saturated heterocycles. The monoisotopic (exact) mass is 217 g/mol. The summed E-state index contributed by atoms with van der Waals surface area (Å²) in [5.41, 5.74) is 4.82. The fourth-order valence-corrected chi connectivity index (χ4v) is 2.10. The lowest BCUT2D eigenvalue weighted by molar-refractivity contribution is -0.123. The first-order chi connectivity index (χ1) is 6.61. The van der Waals surface area contributed by atoms with Gasteiger partial charge in [0.05, 0.1) is 5.75 Å². The zero-order valence-electron chi connectivity index (χ0n) is 8.08. The lowest BCUT2D eigenvalue weighted by atomic mass is 10.1. The summed E-state index contributed by atoms with van der Waals surface area (Å²) in [4.78, 5) is 21.7. The second kappa shape index (κ2) is 5.21. The molecule has 0 radical (unpaired) electrons. The van der Waals surface area contributed by atoms with Gasteiger partial charge in [0.1, 0.15) is 5.50 Å². The van der Waals surface area contributed by atoms with Crippen molar-refractivity contribution < 1.29 is 9.59 Å². The Morgan fingerprint density at radius 2 is 2.43 bits per heavy atom. The molecule has 0 spiro atoms. The van der Waals surface area contributed by atoms with Crippen LogP contribution in [0, 0.1) is 0 Å². The van der Waals surface area contributed by atoms with E-state index in [1.807, 2.05) is 6.92 Å². The molecule has 14 heavy (non-hydrogen) atoms. The number of hydrogen-bond acceptors (Lipinski definition) is 4. The molecule has 0 aliphatic carbocycles. The number of nitrogens with two attached hydrogens (primary N) is 1. The standard InChI is InChI=1S/C8H15N3O2S/c1-2-5-3-7(13)11-8(10-5)14-4-6(9)12/h5,8,10H,2-4H2,1H3,(H2,9,12)(H,11,13). The quantitative estimate of drug-likeness (QED) is 0.586. The van der Waals surface area contributed by atoms with Crippen LogP contribution in [0.4, 0.5) is 0 Å². The van der Waals surface area contributed by atoms with Crippen LogP contribution in [0.25, 0.3) is 0 Å². The Balaban J connectivity index is 2.37. The Kier molecular flexibility index (Phi) is 4.21. The minimum Gasteiger partial charge on any atom is -0.369 e. The van der Waals surface area contributed by atoms with Crippen molar-refractivity contribution in [2.45, 2.75) is 31.3 Å². The van der Waals surface area contributed by atoms with E-state index in [1.165, 1.54) is 11.8 Å². The van der Waals surface area contributed by atoms with Gasteiger partial charge in [0.25, 0.3) is 0 Å². The molecule has 0 bridgehead atoms. The van der Waals surface area contributed by atoms with Gasteiger partial charge in [-0.1, -0.05) is 6.92 Å². The van der Waals surface area contributed by atoms with Crippen molar-refractivity contribution in [1.29, 1.82) is 0 Å². The molecule has 1 aliphatic rings. The molecule has 80 valence electrons. The average molecular weight is 217 g/mol. The zero-order chi connectivity index (χ0) is 10.6. The second-order valence-corrected chi connectivity index (χ2v) is 4.29. The van der Waals surface area contributed by atoms with Crippen molar-refractivity contribution in [3.05, 3.63) is 0 Å². The highest BCUT2D eigenvalue weighted by molar-refractivity contribution is 8.00. The van der Waals surface area contributed by atoms with Gasteiger partial charge >= 0.3 is 0 Å². The van der Waals surface area contributed by atoms with Gasteiger partial charge in [-0.05, 0) is 6.42 Å². The van der Waals surface area contributed by atoms with Crippen LogP contribution in [-0.2, 0) is 9.59 Å². The van der Waals surface area contributed by atoms with Crippen LogP contribution in [-0.4, -0.2) is 29.1 Å². The molecule has 1 aliphatic heterocycles. The van der Waals surface area contributed by atoms with E-state index in [-0.39, 0.29) is 29.1 Å².